The van der Waals surface area contributed by atoms with Gasteiger partial charge in [0.15, 0.2) is 0 Å². The van der Waals surface area contributed by atoms with Crippen molar-refractivity contribution in [2.75, 3.05) is 11.9 Å². The van der Waals surface area contributed by atoms with Crippen molar-refractivity contribution in [1.82, 2.24) is 5.32 Å². The normalized spacial score (nSPS) is 16.5. The van der Waals surface area contributed by atoms with Gasteiger partial charge in [0, 0.05) is 17.8 Å². The average Bonchev–Trinajstić information content (AvgIpc) is 2.53. The second-order valence-electron chi connectivity index (χ2n) is 5.56. The zero-order chi connectivity index (χ0) is 20.3. The number of carbonyl (C=O) groups is 1. The number of aryl methyl sites for hydroxylation is 2. The van der Waals surface area contributed by atoms with Crippen molar-refractivity contribution in [3.63, 3.8) is 0 Å². The zero-order valence-electron chi connectivity index (χ0n) is 14.4. The van der Waals surface area contributed by atoms with Crippen LogP contribution >= 0.6 is 23.2 Å². The quantitative estimate of drug-likeness (QED) is 0.439. The summed E-state index contributed by atoms with van der Waals surface area (Å²) >= 11 is 9.84. The van der Waals surface area contributed by atoms with Crippen LogP contribution in [0.3, 0.4) is 0 Å². The highest BCUT2D eigenvalue weighted by Crippen LogP contribution is 2.52. The maximum atomic E-state index is 14.7. The van der Waals surface area contributed by atoms with E-state index in [1.165, 1.54) is 0 Å². The van der Waals surface area contributed by atoms with Crippen LogP contribution in [0.5, 0.6) is 0 Å². The number of hydrogen-bond acceptors (Lipinski definition) is 2. The first-order valence-electron chi connectivity index (χ1n) is 7.90. The fraction of sp³-hybridized carbons (Fsp3) is 0.562. The lowest BCUT2D eigenvalue weighted by atomic mass is 9.94. The molecule has 148 valence electrons. The van der Waals surface area contributed by atoms with Crippen molar-refractivity contribution >= 4 is 34.9 Å². The van der Waals surface area contributed by atoms with Crippen LogP contribution in [0.25, 0.3) is 0 Å². The molecular formula is C16H20Cl2F4N2O2. The summed E-state index contributed by atoms with van der Waals surface area (Å²) in [6.45, 7) is 5.39. The maximum absolute atomic E-state index is 14.7. The summed E-state index contributed by atoms with van der Waals surface area (Å²) in [4.78, 5) is 11.8. The standard InChI is InChI=1S/C16H20Cl2F4N2O2/c1-4-9-7-11(14(17,19)15(20,26)16(18,21)22)8-10(5-2)12(9)24-13(25)23-6-3/h7-8,26H,4-6H2,1-3H3,(H2,23,24,25). The van der Waals surface area contributed by atoms with Gasteiger partial charge < -0.3 is 15.7 Å². The van der Waals surface area contributed by atoms with Gasteiger partial charge in [0.25, 0.3) is 5.13 Å². The molecule has 1 aromatic rings. The van der Waals surface area contributed by atoms with Gasteiger partial charge in [0.05, 0.1) is 0 Å². The third-order valence-electron chi connectivity index (χ3n) is 3.79. The van der Waals surface area contributed by atoms with Crippen molar-refractivity contribution in [1.29, 1.82) is 0 Å². The number of alkyl halides is 6. The number of anilines is 1. The molecule has 0 radical (unpaired) electrons. The molecular weight excluding hydrogens is 399 g/mol. The van der Waals surface area contributed by atoms with E-state index in [0.717, 1.165) is 12.1 Å². The molecule has 0 aromatic heterocycles. The second-order valence-corrected chi connectivity index (χ2v) is 6.55. The lowest BCUT2D eigenvalue weighted by Crippen LogP contribution is -2.52. The fourth-order valence-corrected chi connectivity index (χ4v) is 2.76. The highest BCUT2D eigenvalue weighted by Gasteiger charge is 2.68. The van der Waals surface area contributed by atoms with Crippen molar-refractivity contribution in [3.05, 3.63) is 28.8 Å². The van der Waals surface area contributed by atoms with E-state index in [-0.39, 0.29) is 12.8 Å². The molecule has 26 heavy (non-hydrogen) atoms. The monoisotopic (exact) mass is 418 g/mol. The molecule has 0 aliphatic carbocycles. The maximum Gasteiger partial charge on any atom is 0.384 e. The number of halogens is 6. The number of rotatable bonds is 7. The smallest absolute Gasteiger partial charge is 0.352 e. The van der Waals surface area contributed by atoms with Gasteiger partial charge >= 0.3 is 17.3 Å². The molecule has 0 fully saturated rings. The minimum Gasteiger partial charge on any atom is -0.352 e. The highest BCUT2D eigenvalue weighted by molar-refractivity contribution is 6.26. The molecule has 2 amide bonds. The van der Waals surface area contributed by atoms with E-state index in [2.05, 4.69) is 22.2 Å². The van der Waals surface area contributed by atoms with E-state index in [9.17, 15) is 27.5 Å². The lowest BCUT2D eigenvalue weighted by molar-refractivity contribution is -0.260. The molecule has 0 heterocycles. The first-order valence-corrected chi connectivity index (χ1v) is 8.65. The topological polar surface area (TPSA) is 61.4 Å². The summed E-state index contributed by atoms with van der Waals surface area (Å²) < 4.78 is 55.0. The van der Waals surface area contributed by atoms with Gasteiger partial charge in [-0.3, -0.25) is 0 Å². The Balaban J connectivity index is 3.50. The van der Waals surface area contributed by atoms with Gasteiger partial charge in [-0.2, -0.15) is 13.2 Å². The third-order valence-corrected chi connectivity index (χ3v) is 4.51. The SMILES string of the molecule is CCNC(=O)Nc1c(CC)cc(C(F)(Cl)C(O)(F)C(F)(F)Cl)cc1CC. The van der Waals surface area contributed by atoms with Crippen LogP contribution in [0.2, 0.25) is 0 Å². The van der Waals surface area contributed by atoms with Crippen molar-refractivity contribution < 1.29 is 27.5 Å². The Morgan fingerprint density at radius 3 is 1.88 bits per heavy atom. The van der Waals surface area contributed by atoms with E-state index in [4.69, 9.17) is 11.6 Å². The first-order chi connectivity index (χ1) is 11.8. The molecule has 0 bridgehead atoms. The van der Waals surface area contributed by atoms with E-state index in [1.807, 2.05) is 0 Å². The molecule has 3 N–H and O–H groups in total. The molecule has 0 aliphatic rings. The van der Waals surface area contributed by atoms with E-state index >= 15 is 0 Å². The molecule has 4 nitrogen and oxygen atoms in total. The molecule has 1 rings (SSSR count). The molecule has 0 saturated heterocycles. The van der Waals surface area contributed by atoms with E-state index in [1.54, 1.807) is 20.8 Å². The van der Waals surface area contributed by atoms with E-state index in [0.29, 0.717) is 23.4 Å². The molecule has 10 heteroatoms. The lowest BCUT2D eigenvalue weighted by Gasteiger charge is -2.33. The van der Waals surface area contributed by atoms with Crippen molar-refractivity contribution in [2.24, 2.45) is 0 Å². The minimum absolute atomic E-state index is 0.248. The van der Waals surface area contributed by atoms with Crippen LogP contribution in [0.4, 0.5) is 28.0 Å². The predicted octanol–water partition coefficient (Wildman–Crippen LogP) is 4.80. The molecule has 0 aliphatic heterocycles. The number of urea groups is 1. The Morgan fingerprint density at radius 1 is 1.08 bits per heavy atom. The summed E-state index contributed by atoms with van der Waals surface area (Å²) in [5, 5.41) is 5.42. The van der Waals surface area contributed by atoms with Gasteiger partial charge in [-0.25, -0.2) is 9.18 Å². The minimum atomic E-state index is -4.97. The molecule has 0 saturated carbocycles. The van der Waals surface area contributed by atoms with Crippen LogP contribution in [0, 0.1) is 0 Å². The Morgan fingerprint density at radius 2 is 1.54 bits per heavy atom. The van der Waals surface area contributed by atoms with E-state index < -0.39 is 28.0 Å². The predicted molar refractivity (Wildman–Crippen MR) is 93.4 cm³/mol. The molecule has 2 unspecified atom stereocenters. The molecule has 2 atom stereocenters. The van der Waals surface area contributed by atoms with Crippen LogP contribution in [-0.2, 0) is 18.0 Å². The molecule has 1 aromatic carbocycles. The summed E-state index contributed by atoms with van der Waals surface area (Å²) in [5.74, 6) is -4.87. The Hall–Kier alpha value is -1.25. The number of nitrogens with one attached hydrogen (secondary N) is 2. The summed E-state index contributed by atoms with van der Waals surface area (Å²) in [6.07, 6.45) is 0.495. The van der Waals surface area contributed by atoms with Crippen LogP contribution in [-0.4, -0.2) is 28.9 Å². The van der Waals surface area contributed by atoms with Gasteiger partial charge in [0.2, 0.25) is 0 Å². The van der Waals surface area contributed by atoms with Crippen molar-refractivity contribution in [3.8, 4) is 0 Å². The highest BCUT2D eigenvalue weighted by atomic mass is 35.5. The number of hydrogen-bond donors (Lipinski definition) is 3. The van der Waals surface area contributed by atoms with Gasteiger partial charge in [0.1, 0.15) is 0 Å². The third kappa shape index (κ3) is 4.35. The Kier molecular flexibility index (Phi) is 7.18. The van der Waals surface area contributed by atoms with Gasteiger partial charge in [-0.05, 0) is 54.6 Å². The molecule has 0 spiro atoms. The number of amides is 2. The summed E-state index contributed by atoms with van der Waals surface area (Å²) in [6, 6.07) is 1.48. The van der Waals surface area contributed by atoms with Crippen molar-refractivity contribution in [2.45, 2.75) is 50.0 Å². The Bertz CT molecular complexity index is 639. The Labute approximate surface area is 158 Å². The number of carbonyl (C=O) groups excluding carboxylic acids is 1. The zero-order valence-corrected chi connectivity index (χ0v) is 15.9. The van der Waals surface area contributed by atoms with Gasteiger partial charge in [-0.1, -0.05) is 25.4 Å². The second kappa shape index (κ2) is 8.19. The summed E-state index contributed by atoms with van der Waals surface area (Å²) in [5.41, 5.74) is 0.237. The largest absolute Gasteiger partial charge is 0.384 e. The van der Waals surface area contributed by atoms with Crippen LogP contribution < -0.4 is 10.6 Å². The van der Waals surface area contributed by atoms with Crippen LogP contribution in [0.15, 0.2) is 12.1 Å². The summed E-state index contributed by atoms with van der Waals surface area (Å²) in [7, 11) is 0. The number of benzene rings is 1. The fourth-order valence-electron chi connectivity index (χ4n) is 2.35. The average molecular weight is 419 g/mol. The first kappa shape index (κ1) is 22.8. The van der Waals surface area contributed by atoms with Gasteiger partial charge in [-0.15, -0.1) is 0 Å². The number of aliphatic hydroxyl groups is 1. The van der Waals surface area contributed by atoms with Crippen LogP contribution in [0.1, 0.15) is 37.5 Å².